The van der Waals surface area contributed by atoms with Gasteiger partial charge in [-0.15, -0.1) is 11.8 Å². The molecule has 1 unspecified atom stereocenters. The van der Waals surface area contributed by atoms with E-state index in [4.69, 9.17) is 0 Å². The van der Waals surface area contributed by atoms with Gasteiger partial charge < -0.3 is 4.90 Å². The van der Waals surface area contributed by atoms with Gasteiger partial charge in [-0.3, -0.25) is 4.79 Å². The van der Waals surface area contributed by atoms with Crippen molar-refractivity contribution >= 4 is 27.7 Å². The number of hydrogen-bond acceptors (Lipinski definition) is 4. The van der Waals surface area contributed by atoms with Gasteiger partial charge in [0.05, 0.1) is 0 Å². The van der Waals surface area contributed by atoms with E-state index in [-0.39, 0.29) is 29.8 Å². The Balaban J connectivity index is 1.56. The van der Waals surface area contributed by atoms with Gasteiger partial charge >= 0.3 is 0 Å². The van der Waals surface area contributed by atoms with Crippen molar-refractivity contribution < 1.29 is 17.6 Å². The Labute approximate surface area is 169 Å². The van der Waals surface area contributed by atoms with E-state index in [0.717, 1.165) is 11.0 Å². The summed E-state index contributed by atoms with van der Waals surface area (Å²) in [5, 5.41) is 0. The van der Waals surface area contributed by atoms with Crippen molar-refractivity contribution in [3.63, 3.8) is 0 Å². The fraction of sp³-hybridized carbons (Fsp3) is 0.350. The third-order valence-corrected chi connectivity index (χ3v) is 7.87. The molecule has 2 aromatic rings. The van der Waals surface area contributed by atoms with Crippen LogP contribution in [0.25, 0.3) is 0 Å². The Morgan fingerprint density at radius 2 is 1.64 bits per heavy atom. The molecule has 0 saturated carbocycles. The predicted octanol–water partition coefficient (Wildman–Crippen LogP) is 3.09. The van der Waals surface area contributed by atoms with Crippen LogP contribution in [0.2, 0.25) is 0 Å². The van der Waals surface area contributed by atoms with Crippen molar-refractivity contribution in [2.45, 2.75) is 16.7 Å². The topological polar surface area (TPSA) is 57.7 Å². The van der Waals surface area contributed by atoms with Gasteiger partial charge in [0.15, 0.2) is 0 Å². The second-order valence-corrected chi connectivity index (χ2v) is 9.68. The molecule has 1 saturated heterocycles. The summed E-state index contributed by atoms with van der Waals surface area (Å²) in [5.41, 5.74) is 0. The smallest absolute Gasteiger partial charge is 0.246 e. The summed E-state index contributed by atoms with van der Waals surface area (Å²) < 4.78 is 40.5. The number of nitrogens with zero attached hydrogens (tertiary/aromatic N) is 2. The molecular formula is C20H23FN2O3S2. The van der Waals surface area contributed by atoms with E-state index < -0.39 is 15.8 Å². The minimum absolute atomic E-state index is 0.0198. The molecule has 0 radical (unpaired) electrons. The zero-order valence-corrected chi connectivity index (χ0v) is 17.3. The van der Waals surface area contributed by atoms with Crippen molar-refractivity contribution in [3.05, 3.63) is 60.4 Å². The van der Waals surface area contributed by atoms with Gasteiger partial charge in [-0.25, -0.2) is 12.8 Å². The second kappa shape index (κ2) is 9.07. The molecule has 1 heterocycles. The zero-order valence-electron chi connectivity index (χ0n) is 15.6. The molecule has 5 nitrogen and oxygen atoms in total. The van der Waals surface area contributed by atoms with Crippen LogP contribution in [0.15, 0.2) is 64.4 Å². The molecule has 0 aliphatic carbocycles. The largest absolute Gasteiger partial charge is 0.340 e. The average molecular weight is 423 g/mol. The van der Waals surface area contributed by atoms with E-state index in [1.54, 1.807) is 16.7 Å². The van der Waals surface area contributed by atoms with Crippen molar-refractivity contribution in [2.24, 2.45) is 5.92 Å². The first kappa shape index (κ1) is 20.8. The monoisotopic (exact) mass is 422 g/mol. The lowest BCUT2D eigenvalue weighted by molar-refractivity contribution is -0.135. The SMILES string of the molecule is CC(CSc1ccccc1)C(=O)N1CCN(S(=O)(=O)c2ccccc2F)CC1. The fourth-order valence-electron chi connectivity index (χ4n) is 3.06. The second-order valence-electron chi connectivity index (χ2n) is 6.68. The minimum Gasteiger partial charge on any atom is -0.340 e. The standard InChI is InChI=1S/C20H23FN2O3S2/c1-16(15-27-17-7-3-2-4-8-17)20(24)22-11-13-23(14-12-22)28(25,26)19-10-6-5-9-18(19)21/h2-10,16H,11-15H2,1H3. The van der Waals surface area contributed by atoms with E-state index in [2.05, 4.69) is 0 Å². The van der Waals surface area contributed by atoms with Crippen molar-refractivity contribution in [1.29, 1.82) is 0 Å². The summed E-state index contributed by atoms with van der Waals surface area (Å²) in [5.74, 6) is -0.241. The van der Waals surface area contributed by atoms with Crippen molar-refractivity contribution in [1.82, 2.24) is 9.21 Å². The first-order valence-electron chi connectivity index (χ1n) is 9.11. The summed E-state index contributed by atoms with van der Waals surface area (Å²) in [6.07, 6.45) is 0. The molecule has 1 amide bonds. The van der Waals surface area contributed by atoms with Crippen molar-refractivity contribution in [3.8, 4) is 0 Å². The number of benzene rings is 2. The zero-order chi connectivity index (χ0) is 20.1. The summed E-state index contributed by atoms with van der Waals surface area (Å²) in [6.45, 7) is 2.85. The number of rotatable bonds is 6. The van der Waals surface area contributed by atoms with Crippen LogP contribution in [0, 0.1) is 11.7 Å². The highest BCUT2D eigenvalue weighted by Gasteiger charge is 2.32. The van der Waals surface area contributed by atoms with Crippen LogP contribution in [-0.4, -0.2) is 55.5 Å². The molecule has 0 aromatic heterocycles. The first-order chi connectivity index (χ1) is 13.4. The van der Waals surface area contributed by atoms with E-state index in [0.29, 0.717) is 18.8 Å². The van der Waals surface area contributed by atoms with Crippen LogP contribution in [-0.2, 0) is 14.8 Å². The number of halogens is 1. The lowest BCUT2D eigenvalue weighted by Gasteiger charge is -2.35. The van der Waals surface area contributed by atoms with Crippen LogP contribution in [0.5, 0.6) is 0 Å². The molecule has 1 fully saturated rings. The molecule has 0 spiro atoms. The van der Waals surface area contributed by atoms with Gasteiger partial charge in [0, 0.05) is 42.7 Å². The molecule has 0 bridgehead atoms. The quantitative estimate of drug-likeness (QED) is 0.672. The maximum atomic E-state index is 13.9. The van der Waals surface area contributed by atoms with Crippen LogP contribution in [0.1, 0.15) is 6.92 Å². The molecule has 1 atom stereocenters. The molecule has 0 N–H and O–H groups in total. The molecule has 28 heavy (non-hydrogen) atoms. The number of carbonyl (C=O) groups excluding carboxylic acids is 1. The lowest BCUT2D eigenvalue weighted by atomic mass is 10.1. The summed E-state index contributed by atoms with van der Waals surface area (Å²) in [6, 6.07) is 15.3. The maximum Gasteiger partial charge on any atom is 0.246 e. The maximum absolute atomic E-state index is 13.9. The third-order valence-electron chi connectivity index (χ3n) is 4.67. The Morgan fingerprint density at radius 3 is 2.29 bits per heavy atom. The molecule has 3 rings (SSSR count). The molecule has 2 aromatic carbocycles. The van der Waals surface area contributed by atoms with Gasteiger partial charge in [0.2, 0.25) is 15.9 Å². The van der Waals surface area contributed by atoms with E-state index >= 15 is 0 Å². The van der Waals surface area contributed by atoms with Crippen LogP contribution in [0.4, 0.5) is 4.39 Å². The van der Waals surface area contributed by atoms with Crippen LogP contribution in [0.3, 0.4) is 0 Å². The van der Waals surface area contributed by atoms with Gasteiger partial charge in [-0.1, -0.05) is 37.3 Å². The molecular weight excluding hydrogens is 399 g/mol. The lowest BCUT2D eigenvalue weighted by Crippen LogP contribution is -2.51. The normalized spacial score (nSPS) is 16.7. The van der Waals surface area contributed by atoms with Gasteiger partial charge in [-0.2, -0.15) is 4.31 Å². The Kier molecular flexibility index (Phi) is 6.74. The van der Waals surface area contributed by atoms with Gasteiger partial charge in [-0.05, 0) is 24.3 Å². The van der Waals surface area contributed by atoms with Crippen molar-refractivity contribution in [2.75, 3.05) is 31.9 Å². The molecule has 8 heteroatoms. The number of hydrogen-bond donors (Lipinski definition) is 0. The Bertz CT molecular complexity index is 914. The van der Waals surface area contributed by atoms with Gasteiger partial charge in [0.1, 0.15) is 10.7 Å². The Morgan fingerprint density at radius 1 is 1.04 bits per heavy atom. The van der Waals surface area contributed by atoms with E-state index in [1.165, 1.54) is 22.5 Å². The molecule has 1 aliphatic rings. The first-order valence-corrected chi connectivity index (χ1v) is 11.5. The van der Waals surface area contributed by atoms with E-state index in [1.807, 2.05) is 37.3 Å². The number of carbonyl (C=O) groups is 1. The number of amides is 1. The van der Waals surface area contributed by atoms with Gasteiger partial charge in [0.25, 0.3) is 0 Å². The fourth-order valence-corrected chi connectivity index (χ4v) is 5.48. The van der Waals surface area contributed by atoms with Crippen LogP contribution < -0.4 is 0 Å². The summed E-state index contributed by atoms with van der Waals surface area (Å²) >= 11 is 1.63. The highest BCUT2D eigenvalue weighted by molar-refractivity contribution is 7.99. The number of thioether (sulfide) groups is 1. The highest BCUT2D eigenvalue weighted by atomic mass is 32.2. The predicted molar refractivity (Wildman–Crippen MR) is 108 cm³/mol. The molecule has 1 aliphatic heterocycles. The summed E-state index contributed by atoms with van der Waals surface area (Å²) in [7, 11) is -3.89. The number of sulfonamides is 1. The molecule has 150 valence electrons. The van der Waals surface area contributed by atoms with Crippen LogP contribution >= 0.6 is 11.8 Å². The number of piperazine rings is 1. The Hall–Kier alpha value is -1.90. The average Bonchev–Trinajstić information content (AvgIpc) is 2.72. The summed E-state index contributed by atoms with van der Waals surface area (Å²) in [4.78, 5) is 15.2. The highest BCUT2D eigenvalue weighted by Crippen LogP contribution is 2.23. The van der Waals surface area contributed by atoms with E-state index in [9.17, 15) is 17.6 Å². The minimum atomic E-state index is -3.89. The third kappa shape index (κ3) is 4.74.